The Balaban J connectivity index is 2.18. The number of benzene rings is 2. The molecule has 0 aliphatic heterocycles. The number of aliphatic hydroxyl groups is 1. The lowest BCUT2D eigenvalue weighted by Gasteiger charge is -2.14. The summed E-state index contributed by atoms with van der Waals surface area (Å²) in [6.07, 6.45) is -1.04. The molecule has 0 fully saturated rings. The van der Waals surface area contributed by atoms with Gasteiger partial charge in [-0.2, -0.15) is 8.42 Å². The molecule has 0 saturated carbocycles. The second kappa shape index (κ2) is 7.10. The van der Waals surface area contributed by atoms with Gasteiger partial charge in [0.05, 0.1) is 6.61 Å². The Morgan fingerprint density at radius 2 is 1.83 bits per heavy atom. The number of ether oxygens (including phenoxy) is 2. The molecule has 0 aromatic heterocycles. The van der Waals surface area contributed by atoms with E-state index in [0.717, 1.165) is 0 Å². The molecular formula is C16H18O6S. The van der Waals surface area contributed by atoms with Crippen LogP contribution in [-0.4, -0.2) is 37.6 Å². The van der Waals surface area contributed by atoms with E-state index in [1.165, 1.54) is 12.1 Å². The largest absolute Gasteiger partial charge is 0.491 e. The molecule has 2 rings (SSSR count). The van der Waals surface area contributed by atoms with Crippen molar-refractivity contribution in [1.82, 2.24) is 0 Å². The van der Waals surface area contributed by atoms with Crippen LogP contribution in [0.3, 0.4) is 0 Å². The first-order valence-corrected chi connectivity index (χ1v) is 8.32. The molecule has 0 radical (unpaired) electrons. The highest BCUT2D eigenvalue weighted by molar-refractivity contribution is 7.86. The van der Waals surface area contributed by atoms with Crippen LogP contribution in [-0.2, 0) is 14.9 Å². The quantitative estimate of drug-likeness (QED) is 0.348. The van der Waals surface area contributed by atoms with Crippen LogP contribution in [0.15, 0.2) is 53.4 Å². The van der Waals surface area contributed by atoms with Crippen LogP contribution in [0.1, 0.15) is 6.92 Å². The molecule has 1 atom stereocenters. The van der Waals surface area contributed by atoms with Crippen molar-refractivity contribution in [3.8, 4) is 5.75 Å². The Kier molecular flexibility index (Phi) is 5.38. The molecule has 0 amide bonds. The van der Waals surface area contributed by atoms with Gasteiger partial charge in [-0.05, 0) is 24.6 Å². The lowest BCUT2D eigenvalue weighted by atomic mass is 10.1. The van der Waals surface area contributed by atoms with Gasteiger partial charge in [-0.1, -0.05) is 30.8 Å². The van der Waals surface area contributed by atoms with Gasteiger partial charge in [0.15, 0.2) is 6.29 Å². The molecule has 0 heterocycles. The van der Waals surface area contributed by atoms with Crippen LogP contribution in [0, 0.1) is 0 Å². The van der Waals surface area contributed by atoms with Crippen molar-refractivity contribution in [2.75, 3.05) is 13.2 Å². The van der Waals surface area contributed by atoms with Crippen molar-refractivity contribution in [2.24, 2.45) is 0 Å². The monoisotopic (exact) mass is 338 g/mol. The number of rotatable bonds is 7. The number of hydrogen-bond donors (Lipinski definition) is 2. The van der Waals surface area contributed by atoms with Gasteiger partial charge in [-0.25, -0.2) is 0 Å². The fourth-order valence-corrected chi connectivity index (χ4v) is 2.74. The van der Waals surface area contributed by atoms with Gasteiger partial charge in [0.1, 0.15) is 17.3 Å². The van der Waals surface area contributed by atoms with E-state index >= 15 is 0 Å². The van der Waals surface area contributed by atoms with Gasteiger partial charge in [0.2, 0.25) is 0 Å². The molecular weight excluding hydrogens is 320 g/mol. The third-order valence-electron chi connectivity index (χ3n) is 3.16. The van der Waals surface area contributed by atoms with E-state index in [1.54, 1.807) is 31.2 Å². The van der Waals surface area contributed by atoms with Crippen molar-refractivity contribution in [1.29, 1.82) is 0 Å². The van der Waals surface area contributed by atoms with Crippen LogP contribution >= 0.6 is 0 Å². The minimum atomic E-state index is -4.32. The summed E-state index contributed by atoms with van der Waals surface area (Å²) in [5, 5.41) is 10.4. The fraction of sp³-hybridized carbons (Fsp3) is 0.250. The minimum Gasteiger partial charge on any atom is -0.491 e. The van der Waals surface area contributed by atoms with E-state index in [2.05, 4.69) is 6.58 Å². The van der Waals surface area contributed by atoms with Crippen LogP contribution in [0.4, 0.5) is 0 Å². The Morgan fingerprint density at radius 1 is 1.17 bits per heavy atom. The maximum absolute atomic E-state index is 11.4. The van der Waals surface area contributed by atoms with Crippen LogP contribution in [0.2, 0.25) is 0 Å². The van der Waals surface area contributed by atoms with Crippen molar-refractivity contribution in [3.05, 3.63) is 48.6 Å². The second-order valence-electron chi connectivity index (χ2n) is 5.00. The van der Waals surface area contributed by atoms with Crippen LogP contribution in [0.5, 0.6) is 5.75 Å². The average Bonchev–Trinajstić information content (AvgIpc) is 2.49. The molecule has 2 aromatic rings. The van der Waals surface area contributed by atoms with Crippen molar-refractivity contribution < 1.29 is 27.6 Å². The minimum absolute atomic E-state index is 0.141. The smallest absolute Gasteiger partial charge is 0.295 e. The standard InChI is InChI=1S/C16H18O6S/c1-11(2)16(17)22-10-9-21-14-7-8-15(23(18,19)20)13-6-4-3-5-12(13)14/h3-8,16-17H,1,9-10H2,2H3,(H,18,19,20). The molecule has 1 unspecified atom stereocenters. The van der Waals surface area contributed by atoms with Crippen molar-refractivity contribution >= 4 is 20.9 Å². The van der Waals surface area contributed by atoms with E-state index in [-0.39, 0.29) is 18.1 Å². The highest BCUT2D eigenvalue weighted by atomic mass is 32.2. The van der Waals surface area contributed by atoms with Gasteiger partial charge < -0.3 is 14.6 Å². The van der Waals surface area contributed by atoms with E-state index in [4.69, 9.17) is 9.47 Å². The maximum Gasteiger partial charge on any atom is 0.295 e. The fourth-order valence-electron chi connectivity index (χ4n) is 2.05. The summed E-state index contributed by atoms with van der Waals surface area (Å²) in [5.74, 6) is 0.460. The van der Waals surface area contributed by atoms with Crippen molar-refractivity contribution in [3.63, 3.8) is 0 Å². The SMILES string of the molecule is C=C(C)C(O)OCCOc1ccc(S(=O)(=O)O)c2ccccc12. The zero-order valence-corrected chi connectivity index (χ0v) is 13.4. The highest BCUT2D eigenvalue weighted by Crippen LogP contribution is 2.30. The Bertz CT molecular complexity index is 812. The lowest BCUT2D eigenvalue weighted by molar-refractivity contribution is -0.0786. The number of fused-ring (bicyclic) bond motifs is 1. The van der Waals surface area contributed by atoms with Crippen LogP contribution < -0.4 is 4.74 Å². The summed E-state index contributed by atoms with van der Waals surface area (Å²) in [7, 11) is -4.32. The molecule has 7 heteroatoms. The van der Waals surface area contributed by atoms with E-state index in [0.29, 0.717) is 22.1 Å². The first-order chi connectivity index (χ1) is 10.8. The number of hydrogen-bond acceptors (Lipinski definition) is 5. The van der Waals surface area contributed by atoms with Gasteiger partial charge in [-0.3, -0.25) is 4.55 Å². The normalized spacial score (nSPS) is 13.0. The first kappa shape index (κ1) is 17.4. The predicted octanol–water partition coefficient (Wildman–Crippen LogP) is 2.38. The molecule has 23 heavy (non-hydrogen) atoms. The summed E-state index contributed by atoms with van der Waals surface area (Å²) < 4.78 is 42.8. The number of aliphatic hydroxyl groups excluding tert-OH is 1. The Hall–Kier alpha value is -1.93. The molecule has 0 aliphatic carbocycles. The zero-order chi connectivity index (χ0) is 17.0. The van der Waals surface area contributed by atoms with E-state index < -0.39 is 16.4 Å². The third kappa shape index (κ3) is 4.29. The molecule has 2 aromatic carbocycles. The molecule has 2 N–H and O–H groups in total. The summed E-state index contributed by atoms with van der Waals surface area (Å²) in [6.45, 7) is 5.52. The zero-order valence-electron chi connectivity index (χ0n) is 12.6. The lowest BCUT2D eigenvalue weighted by Crippen LogP contribution is -2.17. The summed E-state index contributed by atoms with van der Waals surface area (Å²) >= 11 is 0. The molecule has 0 saturated heterocycles. The van der Waals surface area contributed by atoms with Gasteiger partial charge in [0, 0.05) is 10.8 Å². The molecule has 0 spiro atoms. The van der Waals surface area contributed by atoms with E-state index in [9.17, 15) is 18.1 Å². The molecule has 6 nitrogen and oxygen atoms in total. The summed E-state index contributed by atoms with van der Waals surface area (Å²) in [4.78, 5) is -0.172. The topological polar surface area (TPSA) is 93.1 Å². The molecule has 0 bridgehead atoms. The van der Waals surface area contributed by atoms with Gasteiger partial charge in [-0.15, -0.1) is 0 Å². The predicted molar refractivity (Wildman–Crippen MR) is 86.0 cm³/mol. The Labute approximate surface area is 134 Å². The summed E-state index contributed by atoms with van der Waals surface area (Å²) in [6, 6.07) is 9.46. The highest BCUT2D eigenvalue weighted by Gasteiger charge is 2.16. The summed E-state index contributed by atoms with van der Waals surface area (Å²) in [5.41, 5.74) is 0.493. The van der Waals surface area contributed by atoms with E-state index in [1.807, 2.05) is 0 Å². The first-order valence-electron chi connectivity index (χ1n) is 6.88. The average molecular weight is 338 g/mol. The van der Waals surface area contributed by atoms with Gasteiger partial charge in [0.25, 0.3) is 10.1 Å². The Morgan fingerprint density at radius 3 is 2.43 bits per heavy atom. The molecule has 124 valence electrons. The third-order valence-corrected chi connectivity index (χ3v) is 4.07. The second-order valence-corrected chi connectivity index (χ2v) is 6.39. The van der Waals surface area contributed by atoms with Crippen LogP contribution in [0.25, 0.3) is 10.8 Å². The van der Waals surface area contributed by atoms with Gasteiger partial charge >= 0.3 is 0 Å². The van der Waals surface area contributed by atoms with Crippen molar-refractivity contribution in [2.45, 2.75) is 18.1 Å². The molecule has 0 aliphatic rings. The maximum atomic E-state index is 11.4.